The highest BCUT2D eigenvalue weighted by atomic mass is 32.2. The lowest BCUT2D eigenvalue weighted by Crippen LogP contribution is -2.48. The minimum absolute atomic E-state index is 0.0660. The summed E-state index contributed by atoms with van der Waals surface area (Å²) in [5.74, 6) is 7.01. The molecule has 0 aromatic carbocycles. The van der Waals surface area contributed by atoms with Crippen LogP contribution in [0, 0.1) is 0 Å². The first-order chi connectivity index (χ1) is 11.0. The number of nitrogen functional groups attached to an aromatic ring is 1. The molecule has 1 fully saturated rings. The maximum Gasteiger partial charge on any atom is 0.233 e. The minimum Gasteiger partial charge on any atom is -0.372 e. The summed E-state index contributed by atoms with van der Waals surface area (Å²) in [7, 11) is 0. The number of aromatic nitrogens is 3. The molecule has 3 heterocycles. The van der Waals surface area contributed by atoms with Crippen molar-refractivity contribution in [3.8, 4) is 10.7 Å². The molecule has 1 saturated heterocycles. The van der Waals surface area contributed by atoms with Gasteiger partial charge in [-0.2, -0.15) is 0 Å². The molecule has 2 aromatic heterocycles. The summed E-state index contributed by atoms with van der Waals surface area (Å²) in [5.41, 5.74) is 0. The highest BCUT2D eigenvalue weighted by Crippen LogP contribution is 2.25. The fourth-order valence-corrected chi connectivity index (χ4v) is 4.01. The second kappa shape index (κ2) is 6.90. The Bertz CT molecular complexity index is 663. The van der Waals surface area contributed by atoms with Crippen LogP contribution in [0.25, 0.3) is 10.7 Å². The van der Waals surface area contributed by atoms with Gasteiger partial charge in [0.2, 0.25) is 11.1 Å². The zero-order chi connectivity index (χ0) is 16.4. The van der Waals surface area contributed by atoms with E-state index in [0.717, 1.165) is 4.88 Å². The summed E-state index contributed by atoms with van der Waals surface area (Å²) in [5, 5.41) is 10.7. The number of hydrogen-bond acceptors (Lipinski definition) is 7. The highest BCUT2D eigenvalue weighted by Gasteiger charge is 2.26. The molecule has 124 valence electrons. The molecule has 0 unspecified atom stereocenters. The quantitative estimate of drug-likeness (QED) is 0.661. The molecule has 23 heavy (non-hydrogen) atoms. The summed E-state index contributed by atoms with van der Waals surface area (Å²) in [6.07, 6.45) is 0.132. The summed E-state index contributed by atoms with van der Waals surface area (Å²) < 4.78 is 7.09. The zero-order valence-corrected chi connectivity index (χ0v) is 14.6. The molecule has 2 aromatic rings. The molecule has 0 saturated carbocycles. The number of rotatable bonds is 4. The van der Waals surface area contributed by atoms with Crippen molar-refractivity contribution in [3.05, 3.63) is 17.5 Å². The molecule has 1 amide bonds. The largest absolute Gasteiger partial charge is 0.372 e. The first-order valence-electron chi connectivity index (χ1n) is 7.35. The Kier molecular flexibility index (Phi) is 4.88. The van der Waals surface area contributed by atoms with Crippen LogP contribution in [0.4, 0.5) is 0 Å². The number of morpholine rings is 1. The van der Waals surface area contributed by atoms with Crippen LogP contribution in [0.15, 0.2) is 22.7 Å². The fourth-order valence-electron chi connectivity index (χ4n) is 2.55. The Morgan fingerprint density at radius 3 is 2.83 bits per heavy atom. The average molecular weight is 353 g/mol. The summed E-state index contributed by atoms with van der Waals surface area (Å²) in [6, 6.07) is 3.87. The molecular formula is C14H19N5O2S2. The van der Waals surface area contributed by atoms with Crippen molar-refractivity contribution in [2.75, 3.05) is 24.7 Å². The van der Waals surface area contributed by atoms with Crippen molar-refractivity contribution in [1.82, 2.24) is 19.8 Å². The monoisotopic (exact) mass is 353 g/mol. The topological polar surface area (TPSA) is 86.3 Å². The number of nitrogens with zero attached hydrogens (tertiary/aromatic N) is 4. The van der Waals surface area contributed by atoms with Crippen LogP contribution in [0.3, 0.4) is 0 Å². The number of hydrogen-bond donors (Lipinski definition) is 1. The predicted molar refractivity (Wildman–Crippen MR) is 90.8 cm³/mol. The summed E-state index contributed by atoms with van der Waals surface area (Å²) in [4.78, 5) is 15.2. The molecular weight excluding hydrogens is 334 g/mol. The van der Waals surface area contributed by atoms with E-state index in [-0.39, 0.29) is 18.1 Å². The molecule has 2 N–H and O–H groups in total. The van der Waals surface area contributed by atoms with Crippen LogP contribution in [0.1, 0.15) is 13.8 Å². The van der Waals surface area contributed by atoms with Crippen LogP contribution in [-0.4, -0.2) is 56.7 Å². The van der Waals surface area contributed by atoms with Crippen molar-refractivity contribution in [2.24, 2.45) is 0 Å². The van der Waals surface area contributed by atoms with E-state index in [9.17, 15) is 4.79 Å². The Labute approximate surface area is 142 Å². The summed E-state index contributed by atoms with van der Waals surface area (Å²) >= 11 is 2.86. The molecule has 0 bridgehead atoms. The standard InChI is InChI=1S/C14H19N5O2S2/c1-9-6-18(7-10(2)21-9)12(20)8-23-14-17-16-13(19(14)15)11-4-3-5-22-11/h3-5,9-10H,6-8,15H2,1-2H3/t9-,10+. The number of thioether (sulfide) groups is 1. The van der Waals surface area contributed by atoms with Crippen LogP contribution in [0.2, 0.25) is 0 Å². The number of carbonyl (C=O) groups excluding carboxylic acids is 1. The third-order valence-electron chi connectivity index (χ3n) is 3.50. The van der Waals surface area contributed by atoms with E-state index < -0.39 is 0 Å². The fraction of sp³-hybridized carbons (Fsp3) is 0.500. The van der Waals surface area contributed by atoms with Crippen LogP contribution in [0.5, 0.6) is 0 Å². The van der Waals surface area contributed by atoms with Gasteiger partial charge >= 0.3 is 0 Å². The van der Waals surface area contributed by atoms with Gasteiger partial charge in [0, 0.05) is 13.1 Å². The van der Waals surface area contributed by atoms with Gasteiger partial charge in [0.15, 0.2) is 5.82 Å². The van der Waals surface area contributed by atoms with E-state index in [2.05, 4.69) is 10.2 Å². The number of thiophene rings is 1. The van der Waals surface area contributed by atoms with Gasteiger partial charge in [0.25, 0.3) is 0 Å². The second-order valence-electron chi connectivity index (χ2n) is 5.50. The van der Waals surface area contributed by atoms with E-state index in [1.54, 1.807) is 11.3 Å². The molecule has 1 aliphatic heterocycles. The third-order valence-corrected chi connectivity index (χ3v) is 5.30. The lowest BCUT2D eigenvalue weighted by molar-refractivity contribution is -0.140. The number of ether oxygens (including phenoxy) is 1. The van der Waals surface area contributed by atoms with Gasteiger partial charge in [0.1, 0.15) is 0 Å². The van der Waals surface area contributed by atoms with Crippen LogP contribution >= 0.6 is 23.1 Å². The molecule has 2 atom stereocenters. The van der Waals surface area contributed by atoms with Gasteiger partial charge < -0.3 is 15.5 Å². The first kappa shape index (κ1) is 16.3. The van der Waals surface area contributed by atoms with Gasteiger partial charge in [-0.05, 0) is 25.3 Å². The van der Waals surface area contributed by atoms with E-state index in [4.69, 9.17) is 10.6 Å². The van der Waals surface area contributed by atoms with Crippen molar-refractivity contribution in [2.45, 2.75) is 31.2 Å². The Hall–Kier alpha value is -1.58. The Morgan fingerprint density at radius 2 is 2.17 bits per heavy atom. The van der Waals surface area contributed by atoms with Crippen molar-refractivity contribution < 1.29 is 9.53 Å². The van der Waals surface area contributed by atoms with E-state index >= 15 is 0 Å². The zero-order valence-electron chi connectivity index (χ0n) is 13.0. The molecule has 0 spiro atoms. The lowest BCUT2D eigenvalue weighted by Gasteiger charge is -2.35. The van der Waals surface area contributed by atoms with Gasteiger partial charge in [0.05, 0.1) is 22.8 Å². The molecule has 3 rings (SSSR count). The van der Waals surface area contributed by atoms with E-state index in [1.807, 2.05) is 36.3 Å². The molecule has 9 heteroatoms. The predicted octanol–water partition coefficient (Wildman–Crippen LogP) is 1.45. The van der Waals surface area contributed by atoms with E-state index in [0.29, 0.717) is 29.8 Å². The minimum atomic E-state index is 0.0660. The third kappa shape index (κ3) is 3.67. The van der Waals surface area contributed by atoms with E-state index in [1.165, 1.54) is 16.4 Å². The van der Waals surface area contributed by atoms with Gasteiger partial charge in [-0.15, -0.1) is 21.5 Å². The number of nitrogens with two attached hydrogens (primary N) is 1. The number of amides is 1. The molecule has 0 radical (unpaired) electrons. The normalized spacial score (nSPS) is 21.6. The molecule has 7 nitrogen and oxygen atoms in total. The first-order valence-corrected chi connectivity index (χ1v) is 9.21. The maximum absolute atomic E-state index is 12.4. The van der Waals surface area contributed by atoms with Crippen molar-refractivity contribution in [3.63, 3.8) is 0 Å². The van der Waals surface area contributed by atoms with Crippen molar-refractivity contribution in [1.29, 1.82) is 0 Å². The van der Waals surface area contributed by atoms with Crippen molar-refractivity contribution >= 4 is 29.0 Å². The molecule has 0 aliphatic carbocycles. The second-order valence-corrected chi connectivity index (χ2v) is 7.39. The Balaban J connectivity index is 1.61. The Morgan fingerprint density at radius 1 is 1.43 bits per heavy atom. The highest BCUT2D eigenvalue weighted by molar-refractivity contribution is 7.99. The maximum atomic E-state index is 12.4. The van der Waals surface area contributed by atoms with Gasteiger partial charge in [-0.3, -0.25) is 4.79 Å². The van der Waals surface area contributed by atoms with Gasteiger partial charge in [-0.1, -0.05) is 17.8 Å². The molecule has 1 aliphatic rings. The summed E-state index contributed by atoms with van der Waals surface area (Å²) in [6.45, 7) is 5.21. The van der Waals surface area contributed by atoms with Gasteiger partial charge in [-0.25, -0.2) is 4.68 Å². The smallest absolute Gasteiger partial charge is 0.233 e. The lowest BCUT2D eigenvalue weighted by atomic mass is 10.2. The van der Waals surface area contributed by atoms with Crippen LogP contribution < -0.4 is 5.84 Å². The average Bonchev–Trinajstić information content (AvgIpc) is 3.13. The SMILES string of the molecule is C[C@@H]1CN(C(=O)CSc2nnc(-c3cccs3)n2N)C[C@H](C)O1. The van der Waals surface area contributed by atoms with Crippen LogP contribution in [-0.2, 0) is 9.53 Å². The number of carbonyl (C=O) groups is 1.